The van der Waals surface area contributed by atoms with Gasteiger partial charge in [0.1, 0.15) is 0 Å². The van der Waals surface area contributed by atoms with Crippen LogP contribution in [0.2, 0.25) is 0 Å². The van der Waals surface area contributed by atoms with E-state index >= 15 is 0 Å². The summed E-state index contributed by atoms with van der Waals surface area (Å²) in [5, 5.41) is 8.91. The van der Waals surface area contributed by atoms with E-state index in [0.29, 0.717) is 6.54 Å². The third-order valence-electron chi connectivity index (χ3n) is 3.24. The minimum absolute atomic E-state index is 0.0429. The zero-order valence-electron chi connectivity index (χ0n) is 9.88. The van der Waals surface area contributed by atoms with Crippen LogP contribution < -0.4 is 5.56 Å². The van der Waals surface area contributed by atoms with E-state index in [4.69, 9.17) is 5.26 Å². The minimum atomic E-state index is 0.0429. The van der Waals surface area contributed by atoms with Crippen LogP contribution in [0.4, 0.5) is 0 Å². The molecule has 0 aliphatic carbocycles. The monoisotopic (exact) mass is 231 g/mol. The molecule has 0 amide bonds. The standard InChI is InChI=1S/C13H17N3O/c14-10-12-4-3-6-15(11-12)8-9-16-7-2-1-5-13(16)17/h1-2,5,7,12H,3-4,6,8-9,11H2. The molecule has 0 bridgehead atoms. The van der Waals surface area contributed by atoms with Crippen molar-refractivity contribution in [1.29, 1.82) is 5.26 Å². The van der Waals surface area contributed by atoms with Gasteiger partial charge >= 0.3 is 0 Å². The molecule has 0 saturated carbocycles. The Morgan fingerprint density at radius 1 is 1.41 bits per heavy atom. The first-order chi connectivity index (χ1) is 8.29. The van der Waals surface area contributed by atoms with Crippen LogP contribution in [-0.2, 0) is 6.54 Å². The van der Waals surface area contributed by atoms with E-state index < -0.39 is 0 Å². The molecule has 2 rings (SSSR count). The molecule has 17 heavy (non-hydrogen) atoms. The first-order valence-electron chi connectivity index (χ1n) is 6.07. The molecule has 0 N–H and O–H groups in total. The van der Waals surface area contributed by atoms with Crippen molar-refractivity contribution in [3.05, 3.63) is 34.7 Å². The van der Waals surface area contributed by atoms with E-state index in [1.165, 1.54) is 0 Å². The van der Waals surface area contributed by atoms with Crippen LogP contribution >= 0.6 is 0 Å². The van der Waals surface area contributed by atoms with Gasteiger partial charge in [-0.15, -0.1) is 0 Å². The topological polar surface area (TPSA) is 49.0 Å². The lowest BCUT2D eigenvalue weighted by Gasteiger charge is -2.29. The summed E-state index contributed by atoms with van der Waals surface area (Å²) in [5.74, 6) is 0.163. The molecule has 0 radical (unpaired) electrons. The molecule has 0 spiro atoms. The van der Waals surface area contributed by atoms with Gasteiger partial charge in [-0.3, -0.25) is 4.79 Å². The molecular weight excluding hydrogens is 214 g/mol. The fourth-order valence-electron chi connectivity index (χ4n) is 2.26. The van der Waals surface area contributed by atoms with E-state index in [1.54, 1.807) is 16.7 Å². The molecule has 1 aliphatic heterocycles. The van der Waals surface area contributed by atoms with Gasteiger partial charge in [-0.1, -0.05) is 6.07 Å². The van der Waals surface area contributed by atoms with Crippen molar-refractivity contribution >= 4 is 0 Å². The number of nitrogens with zero attached hydrogens (tertiary/aromatic N) is 3. The number of pyridine rings is 1. The van der Waals surface area contributed by atoms with E-state index in [9.17, 15) is 4.79 Å². The molecule has 1 aromatic rings. The molecule has 4 heteroatoms. The Bertz CT molecular complexity index is 460. The predicted octanol–water partition coefficient (Wildman–Crippen LogP) is 1.08. The SMILES string of the molecule is N#CC1CCCN(CCn2ccccc2=O)C1. The molecule has 1 fully saturated rings. The Balaban J connectivity index is 1.88. The lowest BCUT2D eigenvalue weighted by atomic mass is 10.00. The van der Waals surface area contributed by atoms with Crippen molar-refractivity contribution in [2.75, 3.05) is 19.6 Å². The van der Waals surface area contributed by atoms with Gasteiger partial charge in [0.25, 0.3) is 5.56 Å². The van der Waals surface area contributed by atoms with Gasteiger partial charge in [-0.25, -0.2) is 0 Å². The number of rotatable bonds is 3. The molecule has 1 atom stereocenters. The minimum Gasteiger partial charge on any atom is -0.314 e. The largest absolute Gasteiger partial charge is 0.314 e. The highest BCUT2D eigenvalue weighted by atomic mass is 16.1. The second-order valence-corrected chi connectivity index (χ2v) is 4.50. The molecule has 2 heterocycles. The quantitative estimate of drug-likeness (QED) is 0.782. The third-order valence-corrected chi connectivity index (χ3v) is 3.24. The molecule has 1 aliphatic rings. The smallest absolute Gasteiger partial charge is 0.250 e. The van der Waals surface area contributed by atoms with E-state index in [2.05, 4.69) is 11.0 Å². The van der Waals surface area contributed by atoms with Crippen LogP contribution in [0.25, 0.3) is 0 Å². The highest BCUT2D eigenvalue weighted by Crippen LogP contribution is 2.14. The summed E-state index contributed by atoms with van der Waals surface area (Å²) in [6.07, 6.45) is 3.91. The molecule has 90 valence electrons. The van der Waals surface area contributed by atoms with Crippen LogP contribution in [0.3, 0.4) is 0 Å². The number of hydrogen-bond acceptors (Lipinski definition) is 3. The Morgan fingerprint density at radius 3 is 3.06 bits per heavy atom. The van der Waals surface area contributed by atoms with Gasteiger partial charge in [0.2, 0.25) is 0 Å². The van der Waals surface area contributed by atoms with Crippen LogP contribution in [0.5, 0.6) is 0 Å². The molecule has 1 aromatic heterocycles. The maximum atomic E-state index is 11.5. The van der Waals surface area contributed by atoms with Crippen molar-refractivity contribution in [1.82, 2.24) is 9.47 Å². The zero-order chi connectivity index (χ0) is 12.1. The fourth-order valence-corrected chi connectivity index (χ4v) is 2.26. The van der Waals surface area contributed by atoms with Gasteiger partial charge < -0.3 is 9.47 Å². The lowest BCUT2D eigenvalue weighted by Crippen LogP contribution is -2.38. The van der Waals surface area contributed by atoms with E-state index in [0.717, 1.165) is 32.5 Å². The normalized spacial score (nSPS) is 21.0. The first kappa shape index (κ1) is 11.9. The van der Waals surface area contributed by atoms with Crippen molar-refractivity contribution in [3.8, 4) is 6.07 Å². The van der Waals surface area contributed by atoms with Crippen LogP contribution in [-0.4, -0.2) is 29.1 Å². The van der Waals surface area contributed by atoms with Crippen molar-refractivity contribution in [2.24, 2.45) is 5.92 Å². The molecule has 0 aromatic carbocycles. The van der Waals surface area contributed by atoms with Gasteiger partial charge in [-0.05, 0) is 25.5 Å². The van der Waals surface area contributed by atoms with Gasteiger partial charge in [-0.2, -0.15) is 5.26 Å². The summed E-state index contributed by atoms with van der Waals surface area (Å²) in [4.78, 5) is 13.8. The second-order valence-electron chi connectivity index (χ2n) is 4.50. The Labute approximate surface area is 101 Å². The Kier molecular flexibility index (Phi) is 3.94. The molecule has 4 nitrogen and oxygen atoms in total. The summed E-state index contributed by atoms with van der Waals surface area (Å²) < 4.78 is 1.72. The Morgan fingerprint density at radius 2 is 2.29 bits per heavy atom. The number of nitriles is 1. The number of piperidine rings is 1. The van der Waals surface area contributed by atoms with E-state index in [1.807, 2.05) is 12.3 Å². The maximum absolute atomic E-state index is 11.5. The van der Waals surface area contributed by atoms with Crippen molar-refractivity contribution in [2.45, 2.75) is 19.4 Å². The Hall–Kier alpha value is -1.60. The number of hydrogen-bond donors (Lipinski definition) is 0. The van der Waals surface area contributed by atoms with Gasteiger partial charge in [0.05, 0.1) is 12.0 Å². The average Bonchev–Trinajstić information content (AvgIpc) is 2.38. The average molecular weight is 231 g/mol. The van der Waals surface area contributed by atoms with Crippen LogP contribution in [0, 0.1) is 17.2 Å². The summed E-state index contributed by atoms with van der Waals surface area (Å²) >= 11 is 0. The summed E-state index contributed by atoms with van der Waals surface area (Å²) in [5.41, 5.74) is 0.0429. The third kappa shape index (κ3) is 3.18. The summed E-state index contributed by atoms with van der Waals surface area (Å²) in [6.45, 7) is 3.44. The van der Waals surface area contributed by atoms with Crippen molar-refractivity contribution < 1.29 is 0 Å². The fraction of sp³-hybridized carbons (Fsp3) is 0.538. The molecule has 1 unspecified atom stereocenters. The van der Waals surface area contributed by atoms with Gasteiger partial charge in [0.15, 0.2) is 0 Å². The first-order valence-corrected chi connectivity index (χ1v) is 6.07. The second kappa shape index (κ2) is 5.65. The van der Waals surface area contributed by atoms with Gasteiger partial charge in [0, 0.05) is 31.9 Å². The highest BCUT2D eigenvalue weighted by molar-refractivity contribution is 4.93. The summed E-state index contributed by atoms with van der Waals surface area (Å²) in [6, 6.07) is 7.54. The maximum Gasteiger partial charge on any atom is 0.250 e. The lowest BCUT2D eigenvalue weighted by molar-refractivity contribution is 0.192. The number of likely N-dealkylation sites (tertiary alicyclic amines) is 1. The number of aromatic nitrogens is 1. The summed E-state index contributed by atoms with van der Waals surface area (Å²) in [7, 11) is 0. The van der Waals surface area contributed by atoms with Crippen LogP contribution in [0.1, 0.15) is 12.8 Å². The van der Waals surface area contributed by atoms with E-state index in [-0.39, 0.29) is 11.5 Å². The van der Waals surface area contributed by atoms with Crippen LogP contribution in [0.15, 0.2) is 29.2 Å². The van der Waals surface area contributed by atoms with Crippen molar-refractivity contribution in [3.63, 3.8) is 0 Å². The highest BCUT2D eigenvalue weighted by Gasteiger charge is 2.18. The molecular formula is C13H17N3O. The zero-order valence-corrected chi connectivity index (χ0v) is 9.88. The molecule has 1 saturated heterocycles. The predicted molar refractivity (Wildman–Crippen MR) is 65.5 cm³/mol.